The Bertz CT molecular complexity index is 845. The van der Waals surface area contributed by atoms with Gasteiger partial charge in [0.15, 0.2) is 5.69 Å². The van der Waals surface area contributed by atoms with Crippen molar-refractivity contribution in [3.63, 3.8) is 0 Å². The van der Waals surface area contributed by atoms with Crippen LogP contribution in [0.3, 0.4) is 0 Å². The lowest BCUT2D eigenvalue weighted by Gasteiger charge is -2.13. The van der Waals surface area contributed by atoms with Gasteiger partial charge in [-0.3, -0.25) is 0 Å². The molecule has 0 saturated heterocycles. The second-order valence-corrected chi connectivity index (χ2v) is 6.70. The van der Waals surface area contributed by atoms with Crippen LogP contribution in [0.2, 0.25) is 0 Å². The number of anilines is 1. The Morgan fingerprint density at radius 1 is 1.35 bits per heavy atom. The molecule has 118 valence electrons. The zero-order chi connectivity index (χ0) is 17.3. The molecule has 0 radical (unpaired) electrons. The summed E-state index contributed by atoms with van der Waals surface area (Å²) in [7, 11) is 1.22. The molecular formula is C14H9I2N3O4. The maximum Gasteiger partial charge on any atom is 0.357 e. The van der Waals surface area contributed by atoms with Crippen LogP contribution in [0.15, 0.2) is 18.3 Å². The van der Waals surface area contributed by atoms with E-state index in [4.69, 9.17) is 20.8 Å². The Kier molecular flexibility index (Phi) is 5.15. The lowest BCUT2D eigenvalue weighted by molar-refractivity contribution is 0.0592. The van der Waals surface area contributed by atoms with E-state index < -0.39 is 11.9 Å². The zero-order valence-electron chi connectivity index (χ0n) is 11.6. The molecule has 1 heterocycles. The maximum absolute atomic E-state index is 12.0. The highest BCUT2D eigenvalue weighted by atomic mass is 127. The van der Waals surface area contributed by atoms with Crippen LogP contribution in [0.5, 0.6) is 0 Å². The largest absolute Gasteiger partial charge is 0.478 e. The number of carboxylic acids is 1. The second kappa shape index (κ2) is 6.75. The summed E-state index contributed by atoms with van der Waals surface area (Å²) in [4.78, 5) is 23.2. The quantitative estimate of drug-likeness (QED) is 0.460. The van der Waals surface area contributed by atoms with Gasteiger partial charge in [0.1, 0.15) is 6.07 Å². The van der Waals surface area contributed by atoms with Crippen LogP contribution in [0.25, 0.3) is 5.69 Å². The van der Waals surface area contributed by atoms with Gasteiger partial charge in [0.2, 0.25) is 0 Å². The Morgan fingerprint density at radius 3 is 2.35 bits per heavy atom. The fraction of sp³-hybridized carbons (Fsp3) is 0.0714. The molecule has 0 aliphatic carbocycles. The number of nitrogens with zero attached hydrogens (tertiary/aromatic N) is 2. The number of ether oxygens (including phenoxy) is 1. The van der Waals surface area contributed by atoms with Gasteiger partial charge in [0.05, 0.1) is 29.6 Å². The smallest absolute Gasteiger partial charge is 0.357 e. The van der Waals surface area contributed by atoms with E-state index in [2.05, 4.69) is 0 Å². The molecule has 0 fully saturated rings. The van der Waals surface area contributed by atoms with Crippen LogP contribution in [-0.4, -0.2) is 28.7 Å². The summed E-state index contributed by atoms with van der Waals surface area (Å²) in [5.41, 5.74) is 6.74. The predicted octanol–water partition coefficient (Wildman–Crippen LogP) is 2.63. The first-order valence-corrected chi connectivity index (χ1v) is 8.19. The van der Waals surface area contributed by atoms with Gasteiger partial charge in [0.25, 0.3) is 0 Å². The lowest BCUT2D eigenvalue weighted by Crippen LogP contribution is -2.13. The highest BCUT2D eigenvalue weighted by molar-refractivity contribution is 14.1. The Hall–Kier alpha value is -1.81. The molecular weight excluding hydrogens is 528 g/mol. The average Bonchev–Trinajstić information content (AvgIpc) is 2.82. The van der Waals surface area contributed by atoms with Crippen molar-refractivity contribution in [2.24, 2.45) is 0 Å². The highest BCUT2D eigenvalue weighted by Gasteiger charge is 2.24. The van der Waals surface area contributed by atoms with Crippen molar-refractivity contribution < 1.29 is 19.4 Å². The molecule has 0 aliphatic rings. The molecule has 0 amide bonds. The molecule has 1 aromatic carbocycles. The first kappa shape index (κ1) is 17.5. The molecule has 0 atom stereocenters. The molecule has 1 aromatic heterocycles. The van der Waals surface area contributed by atoms with Crippen LogP contribution in [-0.2, 0) is 4.74 Å². The van der Waals surface area contributed by atoms with E-state index in [-0.39, 0.29) is 22.5 Å². The predicted molar refractivity (Wildman–Crippen MR) is 98.6 cm³/mol. The van der Waals surface area contributed by atoms with Gasteiger partial charge in [-0.15, -0.1) is 0 Å². The third-order valence-corrected chi connectivity index (χ3v) is 4.69. The van der Waals surface area contributed by atoms with Crippen LogP contribution < -0.4 is 5.73 Å². The van der Waals surface area contributed by atoms with Crippen molar-refractivity contribution in [3.05, 3.63) is 42.3 Å². The molecule has 2 rings (SSSR count). The molecule has 2 aromatic rings. The molecule has 7 nitrogen and oxygen atoms in total. The van der Waals surface area contributed by atoms with Crippen molar-refractivity contribution in [2.75, 3.05) is 12.8 Å². The number of nitrogens with two attached hydrogens (primary N) is 1. The lowest BCUT2D eigenvalue weighted by atomic mass is 10.2. The number of nitriles is 1. The van der Waals surface area contributed by atoms with Crippen LogP contribution in [0.4, 0.5) is 5.69 Å². The van der Waals surface area contributed by atoms with Crippen LogP contribution in [0, 0.1) is 18.5 Å². The monoisotopic (exact) mass is 537 g/mol. The molecule has 0 saturated carbocycles. The molecule has 0 unspecified atom stereocenters. The Morgan fingerprint density at radius 2 is 1.91 bits per heavy atom. The number of hydrogen-bond acceptors (Lipinski definition) is 5. The summed E-state index contributed by atoms with van der Waals surface area (Å²) in [5, 5.41) is 18.2. The number of carbonyl (C=O) groups excluding carboxylic acids is 1. The second-order valence-electron chi connectivity index (χ2n) is 4.37. The number of aromatic carboxylic acids is 1. The minimum Gasteiger partial charge on any atom is -0.478 e. The summed E-state index contributed by atoms with van der Waals surface area (Å²) >= 11 is 3.94. The van der Waals surface area contributed by atoms with Gasteiger partial charge >= 0.3 is 11.9 Å². The SMILES string of the molecule is COC(=O)c1c(N)c(C#N)cn1-c1c(I)cc(C(=O)O)cc1I. The first-order valence-electron chi connectivity index (χ1n) is 6.03. The minimum absolute atomic E-state index is 0.0215. The number of methoxy groups -OCH3 is 1. The molecule has 3 N–H and O–H groups in total. The fourth-order valence-corrected chi connectivity index (χ4v) is 4.30. The minimum atomic E-state index is -1.05. The molecule has 9 heteroatoms. The van der Waals surface area contributed by atoms with Crippen molar-refractivity contribution in [1.82, 2.24) is 4.57 Å². The van der Waals surface area contributed by atoms with Gasteiger partial charge in [-0.1, -0.05) is 0 Å². The van der Waals surface area contributed by atoms with Gasteiger partial charge in [-0.2, -0.15) is 5.26 Å². The third-order valence-electron chi connectivity index (χ3n) is 3.05. The van der Waals surface area contributed by atoms with Crippen molar-refractivity contribution >= 4 is 62.8 Å². The zero-order valence-corrected chi connectivity index (χ0v) is 15.9. The van der Waals surface area contributed by atoms with E-state index in [0.29, 0.717) is 12.8 Å². The van der Waals surface area contributed by atoms with E-state index in [1.54, 1.807) is 0 Å². The van der Waals surface area contributed by atoms with Crippen molar-refractivity contribution in [2.45, 2.75) is 0 Å². The van der Waals surface area contributed by atoms with Gasteiger partial charge < -0.3 is 20.1 Å². The summed E-state index contributed by atoms with van der Waals surface area (Å²) in [5.74, 6) is -1.73. The number of carbonyl (C=O) groups is 2. The van der Waals surface area contributed by atoms with E-state index in [0.717, 1.165) is 0 Å². The Balaban J connectivity index is 2.80. The highest BCUT2D eigenvalue weighted by Crippen LogP contribution is 2.31. The number of hydrogen-bond donors (Lipinski definition) is 2. The number of halogens is 2. The molecule has 0 aliphatic heterocycles. The van der Waals surface area contributed by atoms with Crippen molar-refractivity contribution in [1.29, 1.82) is 5.26 Å². The Labute approximate surface area is 158 Å². The van der Waals surface area contributed by atoms with E-state index in [1.165, 1.54) is 30.0 Å². The van der Waals surface area contributed by atoms with Crippen LogP contribution in [0.1, 0.15) is 26.4 Å². The average molecular weight is 537 g/mol. The number of esters is 1. The number of benzene rings is 1. The van der Waals surface area contributed by atoms with E-state index >= 15 is 0 Å². The summed E-state index contributed by atoms with van der Waals surface area (Å²) in [6.07, 6.45) is 1.43. The number of aromatic nitrogens is 1. The number of nitrogen functional groups attached to an aromatic ring is 1. The summed E-state index contributed by atoms with van der Waals surface area (Å²) < 4.78 is 7.37. The molecule has 0 bridgehead atoms. The third kappa shape index (κ3) is 3.13. The molecule has 0 spiro atoms. The normalized spacial score (nSPS) is 10.2. The van der Waals surface area contributed by atoms with Crippen LogP contribution >= 0.6 is 45.2 Å². The van der Waals surface area contributed by atoms with E-state index in [9.17, 15) is 9.59 Å². The fourth-order valence-electron chi connectivity index (χ4n) is 2.01. The summed E-state index contributed by atoms with van der Waals surface area (Å²) in [6.45, 7) is 0. The van der Waals surface area contributed by atoms with Gasteiger partial charge in [0, 0.05) is 13.3 Å². The number of carboxylic acid groups (broad SMARTS) is 1. The van der Waals surface area contributed by atoms with Crippen molar-refractivity contribution in [3.8, 4) is 11.8 Å². The topological polar surface area (TPSA) is 118 Å². The number of rotatable bonds is 3. The van der Waals surface area contributed by atoms with E-state index in [1.807, 2.05) is 51.3 Å². The first-order chi connectivity index (χ1) is 10.8. The standard InChI is InChI=1S/C14H9I2N3O4/c1-23-14(22)12-10(18)7(4-17)5-19(12)11-8(15)2-6(13(20)21)3-9(11)16/h2-3,5H,18H2,1H3,(H,20,21). The van der Waals surface area contributed by atoms with Gasteiger partial charge in [-0.05, 0) is 57.3 Å². The van der Waals surface area contributed by atoms with Gasteiger partial charge in [-0.25, -0.2) is 9.59 Å². The maximum atomic E-state index is 12.0. The molecule has 23 heavy (non-hydrogen) atoms. The summed E-state index contributed by atoms with van der Waals surface area (Å²) in [6, 6.07) is 4.87.